The number of aliphatic hydroxyl groups excluding tert-OH is 1. The number of amides is 1. The maximum atomic E-state index is 12.1. The topological polar surface area (TPSA) is 49.8 Å². The molecule has 114 valence electrons. The summed E-state index contributed by atoms with van der Waals surface area (Å²) in [6.45, 7) is 1.83. The Morgan fingerprint density at radius 2 is 2.05 bits per heavy atom. The number of ether oxygens (including phenoxy) is 1. The Hall–Kier alpha value is -1.55. The standard InChI is InChI=1S/C17H23NO3/c19-16-6-4-5-13-11-14(7-8-15(13)16)21-12-17(20)18-9-2-1-3-10-18/h7-8,11,16,19H,1-6,9-10,12H2. The lowest BCUT2D eigenvalue weighted by Gasteiger charge is -2.26. The minimum Gasteiger partial charge on any atom is -0.484 e. The first-order valence-electron chi connectivity index (χ1n) is 7.95. The van der Waals surface area contributed by atoms with Crippen molar-refractivity contribution in [2.45, 2.75) is 44.6 Å². The Balaban J connectivity index is 1.59. The molecule has 1 fully saturated rings. The summed E-state index contributed by atoms with van der Waals surface area (Å²) in [5.41, 5.74) is 2.16. The van der Waals surface area contributed by atoms with E-state index < -0.39 is 0 Å². The third kappa shape index (κ3) is 3.38. The summed E-state index contributed by atoms with van der Waals surface area (Å²) in [7, 11) is 0. The fourth-order valence-corrected chi connectivity index (χ4v) is 3.23. The number of aliphatic hydroxyl groups is 1. The van der Waals surface area contributed by atoms with Gasteiger partial charge in [0.2, 0.25) is 0 Å². The predicted molar refractivity (Wildman–Crippen MR) is 80.3 cm³/mol. The van der Waals surface area contributed by atoms with E-state index in [-0.39, 0.29) is 18.6 Å². The van der Waals surface area contributed by atoms with E-state index in [1.807, 2.05) is 23.1 Å². The molecule has 0 bridgehead atoms. The Morgan fingerprint density at radius 1 is 1.24 bits per heavy atom. The van der Waals surface area contributed by atoms with Gasteiger partial charge in [0.05, 0.1) is 6.10 Å². The van der Waals surface area contributed by atoms with Crippen LogP contribution in [-0.2, 0) is 11.2 Å². The predicted octanol–water partition coefficient (Wildman–Crippen LogP) is 2.45. The minimum absolute atomic E-state index is 0.0763. The van der Waals surface area contributed by atoms with Crippen LogP contribution in [0.25, 0.3) is 0 Å². The van der Waals surface area contributed by atoms with Crippen LogP contribution in [0, 0.1) is 0 Å². The SMILES string of the molecule is O=C(COc1ccc2c(c1)CCCC2O)N1CCCCC1. The van der Waals surface area contributed by atoms with E-state index in [0.717, 1.165) is 62.1 Å². The molecule has 1 aromatic carbocycles. The van der Waals surface area contributed by atoms with E-state index in [0.29, 0.717) is 0 Å². The van der Waals surface area contributed by atoms with Gasteiger partial charge in [-0.2, -0.15) is 0 Å². The number of carbonyl (C=O) groups is 1. The van der Waals surface area contributed by atoms with Crippen LogP contribution < -0.4 is 4.74 Å². The highest BCUT2D eigenvalue weighted by Crippen LogP contribution is 2.31. The number of fused-ring (bicyclic) bond motifs is 1. The number of hydrogen-bond donors (Lipinski definition) is 1. The molecule has 1 unspecified atom stereocenters. The molecule has 1 aliphatic carbocycles. The van der Waals surface area contributed by atoms with Crippen LogP contribution in [0.4, 0.5) is 0 Å². The molecule has 1 amide bonds. The van der Waals surface area contributed by atoms with E-state index >= 15 is 0 Å². The number of rotatable bonds is 3. The van der Waals surface area contributed by atoms with Gasteiger partial charge in [0.1, 0.15) is 5.75 Å². The number of hydrogen-bond acceptors (Lipinski definition) is 3. The largest absolute Gasteiger partial charge is 0.484 e. The lowest BCUT2D eigenvalue weighted by Crippen LogP contribution is -2.38. The van der Waals surface area contributed by atoms with Crippen molar-refractivity contribution in [1.29, 1.82) is 0 Å². The zero-order valence-corrected chi connectivity index (χ0v) is 12.4. The molecule has 0 saturated carbocycles. The van der Waals surface area contributed by atoms with E-state index in [9.17, 15) is 9.90 Å². The lowest BCUT2D eigenvalue weighted by molar-refractivity contribution is -0.134. The van der Waals surface area contributed by atoms with Crippen LogP contribution in [0.15, 0.2) is 18.2 Å². The van der Waals surface area contributed by atoms with Gasteiger partial charge in [-0.05, 0) is 61.8 Å². The van der Waals surface area contributed by atoms with Crippen molar-refractivity contribution in [3.63, 3.8) is 0 Å². The first-order valence-corrected chi connectivity index (χ1v) is 7.95. The molecule has 1 atom stereocenters. The van der Waals surface area contributed by atoms with Crippen molar-refractivity contribution in [2.75, 3.05) is 19.7 Å². The minimum atomic E-state index is -0.349. The number of carbonyl (C=O) groups excluding carboxylic acids is 1. The normalized spacial score (nSPS) is 21.8. The molecule has 2 aliphatic rings. The van der Waals surface area contributed by atoms with E-state index in [1.54, 1.807) is 0 Å². The lowest BCUT2D eigenvalue weighted by atomic mass is 9.89. The molecule has 1 aliphatic heterocycles. The second-order valence-corrected chi connectivity index (χ2v) is 6.00. The quantitative estimate of drug-likeness (QED) is 0.930. The summed E-state index contributed by atoms with van der Waals surface area (Å²) in [6, 6.07) is 5.76. The van der Waals surface area contributed by atoms with Gasteiger partial charge in [-0.3, -0.25) is 4.79 Å². The maximum Gasteiger partial charge on any atom is 0.260 e. The highest BCUT2D eigenvalue weighted by molar-refractivity contribution is 5.77. The fraction of sp³-hybridized carbons (Fsp3) is 0.588. The summed E-state index contributed by atoms with van der Waals surface area (Å²) in [6.07, 6.45) is 5.88. The summed E-state index contributed by atoms with van der Waals surface area (Å²) < 4.78 is 5.65. The third-order valence-electron chi connectivity index (χ3n) is 4.47. The smallest absolute Gasteiger partial charge is 0.260 e. The monoisotopic (exact) mass is 289 g/mol. The van der Waals surface area contributed by atoms with Crippen molar-refractivity contribution in [2.24, 2.45) is 0 Å². The zero-order valence-electron chi connectivity index (χ0n) is 12.4. The molecular weight excluding hydrogens is 266 g/mol. The van der Waals surface area contributed by atoms with Crippen molar-refractivity contribution in [1.82, 2.24) is 4.90 Å². The van der Waals surface area contributed by atoms with Crippen molar-refractivity contribution in [3.8, 4) is 5.75 Å². The molecule has 0 spiro atoms. The van der Waals surface area contributed by atoms with E-state index in [1.165, 1.54) is 6.42 Å². The van der Waals surface area contributed by atoms with Gasteiger partial charge in [-0.1, -0.05) is 6.07 Å². The van der Waals surface area contributed by atoms with E-state index in [2.05, 4.69) is 0 Å². The molecule has 1 N–H and O–H groups in total. The van der Waals surface area contributed by atoms with Crippen molar-refractivity contribution >= 4 is 5.91 Å². The molecule has 1 saturated heterocycles. The number of nitrogens with zero attached hydrogens (tertiary/aromatic N) is 1. The van der Waals surface area contributed by atoms with Crippen LogP contribution in [0.5, 0.6) is 5.75 Å². The first kappa shape index (κ1) is 14.4. The number of piperidine rings is 1. The third-order valence-corrected chi connectivity index (χ3v) is 4.47. The summed E-state index contributed by atoms with van der Waals surface area (Å²) in [5.74, 6) is 0.806. The van der Waals surface area contributed by atoms with Gasteiger partial charge in [0.25, 0.3) is 5.91 Å². The Bertz CT molecular complexity index is 509. The number of benzene rings is 1. The van der Waals surface area contributed by atoms with Crippen LogP contribution >= 0.6 is 0 Å². The Labute approximate surface area is 125 Å². The van der Waals surface area contributed by atoms with Gasteiger partial charge in [0.15, 0.2) is 6.61 Å². The highest BCUT2D eigenvalue weighted by atomic mass is 16.5. The highest BCUT2D eigenvalue weighted by Gasteiger charge is 2.19. The van der Waals surface area contributed by atoms with E-state index in [4.69, 9.17) is 4.74 Å². The first-order chi connectivity index (χ1) is 10.2. The zero-order chi connectivity index (χ0) is 14.7. The van der Waals surface area contributed by atoms with Gasteiger partial charge in [-0.15, -0.1) is 0 Å². The second kappa shape index (κ2) is 6.48. The van der Waals surface area contributed by atoms with Crippen LogP contribution in [-0.4, -0.2) is 35.6 Å². The summed E-state index contributed by atoms with van der Waals surface area (Å²) in [4.78, 5) is 14.0. The summed E-state index contributed by atoms with van der Waals surface area (Å²) in [5, 5.41) is 9.94. The molecule has 4 heteroatoms. The van der Waals surface area contributed by atoms with Crippen molar-refractivity contribution < 1.29 is 14.6 Å². The van der Waals surface area contributed by atoms with Crippen LogP contribution in [0.1, 0.15) is 49.3 Å². The summed E-state index contributed by atoms with van der Waals surface area (Å²) >= 11 is 0. The van der Waals surface area contributed by atoms with Gasteiger partial charge >= 0.3 is 0 Å². The molecule has 1 heterocycles. The molecule has 3 rings (SSSR count). The Kier molecular flexibility index (Phi) is 4.44. The fourth-order valence-electron chi connectivity index (χ4n) is 3.23. The number of likely N-dealkylation sites (tertiary alicyclic amines) is 1. The molecule has 21 heavy (non-hydrogen) atoms. The average molecular weight is 289 g/mol. The average Bonchev–Trinajstić information content (AvgIpc) is 2.53. The molecule has 4 nitrogen and oxygen atoms in total. The second-order valence-electron chi connectivity index (χ2n) is 6.00. The van der Waals surface area contributed by atoms with Gasteiger partial charge < -0.3 is 14.7 Å². The molecule has 0 aromatic heterocycles. The molecule has 1 aromatic rings. The van der Waals surface area contributed by atoms with Crippen LogP contribution in [0.2, 0.25) is 0 Å². The number of aryl methyl sites for hydroxylation is 1. The van der Waals surface area contributed by atoms with Gasteiger partial charge in [-0.25, -0.2) is 0 Å². The van der Waals surface area contributed by atoms with Gasteiger partial charge in [0, 0.05) is 13.1 Å². The molecule has 0 radical (unpaired) electrons. The maximum absolute atomic E-state index is 12.1. The molecular formula is C17H23NO3. The Morgan fingerprint density at radius 3 is 2.86 bits per heavy atom. The van der Waals surface area contributed by atoms with Crippen LogP contribution in [0.3, 0.4) is 0 Å². The van der Waals surface area contributed by atoms with Crippen molar-refractivity contribution in [3.05, 3.63) is 29.3 Å².